The second-order valence-corrected chi connectivity index (χ2v) is 14.5. The fraction of sp³-hybridized carbons (Fsp3) is 0.719. The Morgan fingerprint density at radius 1 is 1.10 bits per heavy atom. The van der Waals surface area contributed by atoms with Crippen LogP contribution in [0.5, 0.6) is 0 Å². The third-order valence-electron chi connectivity index (χ3n) is 12.7. The number of carbonyl (C=O) groups excluding carboxylic acids is 3. The van der Waals surface area contributed by atoms with Crippen molar-refractivity contribution in [3.8, 4) is 0 Å². The number of fused-ring (bicyclic) bond motifs is 2. The number of epoxide rings is 1. The van der Waals surface area contributed by atoms with Crippen LogP contribution < -0.4 is 0 Å². The van der Waals surface area contributed by atoms with Crippen molar-refractivity contribution >= 4 is 17.7 Å². The van der Waals surface area contributed by atoms with E-state index in [1.54, 1.807) is 18.6 Å². The highest BCUT2D eigenvalue weighted by atomic mass is 16.7. The Morgan fingerprint density at radius 3 is 2.63 bits per heavy atom. The van der Waals surface area contributed by atoms with Gasteiger partial charge < -0.3 is 28.5 Å². The van der Waals surface area contributed by atoms with Crippen molar-refractivity contribution in [3.05, 3.63) is 36.3 Å². The summed E-state index contributed by atoms with van der Waals surface area (Å²) in [5.74, 6) is -1.46. The molecule has 1 aromatic rings. The highest BCUT2D eigenvalue weighted by molar-refractivity contribution is 5.92. The van der Waals surface area contributed by atoms with Crippen molar-refractivity contribution < 1.29 is 42.9 Å². The largest absolute Gasteiger partial charge is 0.472 e. The van der Waals surface area contributed by atoms with E-state index in [1.807, 2.05) is 13.8 Å². The van der Waals surface area contributed by atoms with Crippen molar-refractivity contribution in [2.75, 3.05) is 6.61 Å². The first-order valence-electron chi connectivity index (χ1n) is 15.1. The van der Waals surface area contributed by atoms with Gasteiger partial charge in [-0.3, -0.25) is 9.59 Å². The zero-order valence-corrected chi connectivity index (χ0v) is 24.0. The van der Waals surface area contributed by atoms with Crippen molar-refractivity contribution in [1.29, 1.82) is 0 Å². The fourth-order valence-corrected chi connectivity index (χ4v) is 11.0. The lowest BCUT2D eigenvalue weighted by atomic mass is 9.36. The van der Waals surface area contributed by atoms with Crippen LogP contribution in [0.2, 0.25) is 0 Å². The zero-order chi connectivity index (χ0) is 28.7. The Bertz CT molecular complexity index is 1370. The lowest BCUT2D eigenvalue weighted by molar-refractivity contribution is -0.252. The molecule has 0 unspecified atom stereocenters. The van der Waals surface area contributed by atoms with E-state index in [0.29, 0.717) is 31.6 Å². The molecule has 8 rings (SSSR count). The van der Waals surface area contributed by atoms with Gasteiger partial charge in [0.05, 0.1) is 36.6 Å². The molecule has 0 aromatic carbocycles. The van der Waals surface area contributed by atoms with Crippen LogP contribution in [0.3, 0.4) is 0 Å². The third kappa shape index (κ3) is 2.78. The summed E-state index contributed by atoms with van der Waals surface area (Å²) in [4.78, 5) is 40.9. The van der Waals surface area contributed by atoms with Gasteiger partial charge >= 0.3 is 11.9 Å². The Hall–Kier alpha value is -2.49. The number of allylic oxidation sites excluding steroid dienone is 1. The maximum absolute atomic E-state index is 14.8. The smallest absolute Gasteiger partial charge is 0.339 e. The van der Waals surface area contributed by atoms with Crippen LogP contribution in [0, 0.1) is 39.9 Å². The molecule has 7 aliphatic rings. The SMILES string of the molecule is CC(C)[C@H]1C=CC[C@@]2(C1)O[C@H]1CC(=O)OC[C@@]13[C@H]1CC[C@]4(C)[C@H](c5ccoc5)OC(=O)[C@H]5O[C@@]54[C@@]1(C)[C@H](O)C(=O)[C@@H]23. The molecule has 3 spiro atoms. The maximum atomic E-state index is 14.8. The minimum atomic E-state index is -1.39. The number of rotatable bonds is 2. The van der Waals surface area contributed by atoms with Gasteiger partial charge in [-0.1, -0.05) is 39.8 Å². The average molecular weight is 567 g/mol. The summed E-state index contributed by atoms with van der Waals surface area (Å²) in [5.41, 5.74) is -3.92. The van der Waals surface area contributed by atoms with Gasteiger partial charge in [-0.25, -0.2) is 4.79 Å². The summed E-state index contributed by atoms with van der Waals surface area (Å²) >= 11 is 0. The number of ketones is 1. The number of Topliss-reactive ketones (excluding diaryl/α,β-unsaturated/α-hetero) is 1. The van der Waals surface area contributed by atoms with Gasteiger partial charge in [-0.15, -0.1) is 0 Å². The summed E-state index contributed by atoms with van der Waals surface area (Å²) in [6, 6.07) is 1.79. The van der Waals surface area contributed by atoms with Crippen LogP contribution >= 0.6 is 0 Å². The van der Waals surface area contributed by atoms with Crippen LogP contribution in [0.4, 0.5) is 0 Å². The number of hydrogen-bond acceptors (Lipinski definition) is 9. The number of aliphatic hydroxyl groups excluding tert-OH is 1. The van der Waals surface area contributed by atoms with Gasteiger partial charge in [0.15, 0.2) is 11.9 Å². The summed E-state index contributed by atoms with van der Waals surface area (Å²) in [6.07, 6.45) is 6.54. The third-order valence-corrected chi connectivity index (χ3v) is 12.7. The summed E-state index contributed by atoms with van der Waals surface area (Å²) < 4.78 is 30.6. The van der Waals surface area contributed by atoms with E-state index >= 15 is 0 Å². The number of esters is 2. The Labute approximate surface area is 238 Å². The predicted octanol–water partition coefficient (Wildman–Crippen LogP) is 3.69. The van der Waals surface area contributed by atoms with Crippen molar-refractivity contribution in [2.24, 2.45) is 39.9 Å². The van der Waals surface area contributed by atoms with Crippen LogP contribution in [0.25, 0.3) is 0 Å². The lowest BCUT2D eigenvalue weighted by Gasteiger charge is -2.66. The molecule has 4 saturated heterocycles. The van der Waals surface area contributed by atoms with Gasteiger partial charge in [-0.2, -0.15) is 0 Å². The molecule has 41 heavy (non-hydrogen) atoms. The molecule has 5 heterocycles. The number of aliphatic hydroxyl groups is 1. The molecule has 6 fully saturated rings. The molecule has 0 bridgehead atoms. The molecular formula is C32H38O9. The van der Waals surface area contributed by atoms with Crippen LogP contribution in [-0.4, -0.2) is 58.9 Å². The van der Waals surface area contributed by atoms with E-state index in [9.17, 15) is 19.5 Å². The number of ether oxygens (including phenoxy) is 4. The van der Waals surface area contributed by atoms with Gasteiger partial charge in [0.1, 0.15) is 24.4 Å². The summed E-state index contributed by atoms with van der Waals surface area (Å²) in [7, 11) is 0. The standard InChI is InChI=1S/C32H38O9/c1-16(2)17-6-5-9-30(13-17)23-22(34)24(35)29(4)19(31(23)15-38-21(33)12-20(31)40-30)7-10-28(3)25(18-8-11-37-14-18)39-27(36)26-32(28,29)41-26/h5-6,8,11,14,16-17,19-20,23-26,35H,7,9-10,12-13,15H2,1-4H3/t17-,19-,20-,23-,24+,25-,26+,28+,29+,30-,31+,32-/m0/s1. The minimum Gasteiger partial charge on any atom is -0.472 e. The Balaban J connectivity index is 1.30. The molecule has 2 saturated carbocycles. The van der Waals surface area contributed by atoms with Crippen LogP contribution in [0.15, 0.2) is 35.2 Å². The zero-order valence-electron chi connectivity index (χ0n) is 24.0. The van der Waals surface area contributed by atoms with E-state index in [1.165, 1.54) is 0 Å². The van der Waals surface area contributed by atoms with Crippen molar-refractivity contribution in [2.45, 2.75) is 95.4 Å². The first-order valence-corrected chi connectivity index (χ1v) is 15.1. The molecule has 1 aromatic heterocycles. The highest BCUT2D eigenvalue weighted by Crippen LogP contribution is 2.80. The minimum absolute atomic E-state index is 0.0603. The molecule has 1 N–H and O–H groups in total. The molecule has 12 atom stereocenters. The van der Waals surface area contributed by atoms with Crippen LogP contribution in [-0.2, 0) is 33.3 Å². The quantitative estimate of drug-likeness (QED) is 0.324. The second-order valence-electron chi connectivity index (χ2n) is 14.5. The Kier molecular flexibility index (Phi) is 5.05. The van der Waals surface area contributed by atoms with Crippen molar-refractivity contribution in [3.63, 3.8) is 0 Å². The predicted molar refractivity (Wildman–Crippen MR) is 141 cm³/mol. The van der Waals surface area contributed by atoms with Crippen molar-refractivity contribution in [1.82, 2.24) is 0 Å². The molecule has 9 nitrogen and oxygen atoms in total. The molecule has 220 valence electrons. The van der Waals surface area contributed by atoms with E-state index in [2.05, 4.69) is 26.0 Å². The molecule has 0 amide bonds. The van der Waals surface area contributed by atoms with E-state index in [-0.39, 0.29) is 36.6 Å². The fourth-order valence-electron chi connectivity index (χ4n) is 11.0. The number of hydrogen-bond donors (Lipinski definition) is 1. The van der Waals surface area contributed by atoms with Gasteiger partial charge in [-0.05, 0) is 49.5 Å². The van der Waals surface area contributed by atoms with E-state index in [0.717, 1.165) is 5.56 Å². The summed E-state index contributed by atoms with van der Waals surface area (Å²) in [5, 5.41) is 12.3. The molecule has 0 radical (unpaired) electrons. The first kappa shape index (κ1) is 26.2. The van der Waals surface area contributed by atoms with Gasteiger partial charge in [0.25, 0.3) is 0 Å². The second kappa shape index (κ2) is 7.91. The van der Waals surface area contributed by atoms with Gasteiger partial charge in [0.2, 0.25) is 0 Å². The van der Waals surface area contributed by atoms with Crippen LogP contribution in [0.1, 0.15) is 71.5 Å². The molecule has 3 aliphatic carbocycles. The highest BCUT2D eigenvalue weighted by Gasteiger charge is 2.91. The van der Waals surface area contributed by atoms with Gasteiger partial charge in [0, 0.05) is 21.8 Å². The topological polar surface area (TPSA) is 125 Å². The number of cyclic esters (lactones) is 2. The maximum Gasteiger partial charge on any atom is 0.339 e. The van der Waals surface area contributed by atoms with E-state index < -0.39 is 63.8 Å². The number of carbonyl (C=O) groups is 3. The molecule has 9 heteroatoms. The average Bonchev–Trinajstić information content (AvgIpc) is 3.39. The molecular weight excluding hydrogens is 528 g/mol. The monoisotopic (exact) mass is 566 g/mol. The first-order chi connectivity index (χ1) is 19.5. The lowest BCUT2D eigenvalue weighted by Crippen LogP contribution is -2.76. The number of furan rings is 1. The Morgan fingerprint density at radius 2 is 1.90 bits per heavy atom. The molecule has 4 aliphatic heterocycles. The normalized spacial score (nSPS) is 53.1. The van der Waals surface area contributed by atoms with E-state index in [4.69, 9.17) is 23.4 Å². The summed E-state index contributed by atoms with van der Waals surface area (Å²) in [6.45, 7) is 8.35.